The number of rotatable bonds is 4. The first-order valence-corrected chi connectivity index (χ1v) is 15.8. The van der Waals surface area contributed by atoms with Gasteiger partial charge in [-0.3, -0.25) is 19.6 Å². The van der Waals surface area contributed by atoms with Crippen molar-refractivity contribution in [1.82, 2.24) is 10.6 Å². The predicted molar refractivity (Wildman–Crippen MR) is 151 cm³/mol. The number of nitrogens with one attached hydrogen (secondary N) is 2. The van der Waals surface area contributed by atoms with Crippen LogP contribution in [0.3, 0.4) is 0 Å². The average Bonchev–Trinajstić information content (AvgIpc) is 3.64. The number of fused-ring (bicyclic) bond motifs is 4. The quantitative estimate of drug-likeness (QED) is 0.492. The minimum atomic E-state index is -0.337. The lowest BCUT2D eigenvalue weighted by Gasteiger charge is -2.23. The maximum atomic E-state index is 12.1. The van der Waals surface area contributed by atoms with Gasteiger partial charge in [0.05, 0.1) is 12.1 Å². The molecule has 4 bridgehead atoms. The molecule has 2 heterocycles. The van der Waals surface area contributed by atoms with Gasteiger partial charge in [0.25, 0.3) is 0 Å². The molecule has 8 heteroatoms. The zero-order valence-corrected chi connectivity index (χ0v) is 24.4. The first kappa shape index (κ1) is 26.6. The average molecular weight is 533 g/mol. The van der Waals surface area contributed by atoms with Crippen molar-refractivity contribution in [2.24, 2.45) is 45.5 Å². The summed E-state index contributed by atoms with van der Waals surface area (Å²) in [4.78, 5) is 33.8. The van der Waals surface area contributed by atoms with Crippen LogP contribution in [0.2, 0.25) is 0 Å². The lowest BCUT2D eigenvalue weighted by molar-refractivity contribution is -0.122. The molecule has 0 unspecified atom stereocenters. The van der Waals surface area contributed by atoms with Crippen LogP contribution in [0, 0.1) is 35.5 Å². The number of amides is 2. The number of thioether (sulfide) groups is 2. The summed E-state index contributed by atoms with van der Waals surface area (Å²) < 4.78 is -0.674. The third-order valence-electron chi connectivity index (χ3n) is 10.1. The van der Waals surface area contributed by atoms with Gasteiger partial charge < -0.3 is 10.6 Å². The summed E-state index contributed by atoms with van der Waals surface area (Å²) in [5.41, 5.74) is 0. The van der Waals surface area contributed by atoms with Crippen molar-refractivity contribution in [3.8, 4) is 0 Å². The van der Waals surface area contributed by atoms with Gasteiger partial charge in [-0.05, 0) is 87.9 Å². The van der Waals surface area contributed by atoms with E-state index in [-0.39, 0.29) is 21.3 Å². The van der Waals surface area contributed by atoms with Gasteiger partial charge >= 0.3 is 0 Å². The lowest BCUT2D eigenvalue weighted by atomic mass is 9.96. The van der Waals surface area contributed by atoms with Crippen LogP contribution in [0.25, 0.3) is 0 Å². The molecular weight excluding hydrogens is 488 g/mol. The first-order chi connectivity index (χ1) is 17.0. The number of carbonyl (C=O) groups excluding carboxylic acids is 2. The highest BCUT2D eigenvalue weighted by Gasteiger charge is 2.48. The molecule has 0 radical (unpaired) electrons. The van der Waals surface area contributed by atoms with Crippen molar-refractivity contribution < 1.29 is 9.59 Å². The number of hydrogen-bond acceptors (Lipinski definition) is 6. The first-order valence-electron chi connectivity index (χ1n) is 14.1. The lowest BCUT2D eigenvalue weighted by Crippen LogP contribution is -2.38. The van der Waals surface area contributed by atoms with E-state index in [2.05, 4.69) is 38.3 Å². The molecule has 8 atom stereocenters. The van der Waals surface area contributed by atoms with Gasteiger partial charge in [-0.15, -0.1) is 0 Å². The summed E-state index contributed by atoms with van der Waals surface area (Å²) in [5.74, 6) is 4.29. The third-order valence-corrected chi connectivity index (χ3v) is 13.1. The fourth-order valence-electron chi connectivity index (χ4n) is 6.90. The molecule has 2 aliphatic heterocycles. The summed E-state index contributed by atoms with van der Waals surface area (Å²) in [7, 11) is 0. The summed E-state index contributed by atoms with van der Waals surface area (Å²) in [5, 5.41) is 7.71. The highest BCUT2D eigenvalue weighted by atomic mass is 32.2. The fourth-order valence-corrected chi connectivity index (χ4v) is 9.13. The van der Waals surface area contributed by atoms with E-state index < -0.39 is 0 Å². The number of nitrogens with zero attached hydrogens (tertiary/aromatic N) is 2. The molecule has 6 fully saturated rings. The molecule has 36 heavy (non-hydrogen) atoms. The van der Waals surface area contributed by atoms with Gasteiger partial charge in [0.1, 0.15) is 9.49 Å². The van der Waals surface area contributed by atoms with Gasteiger partial charge in [-0.1, -0.05) is 64.1 Å². The second-order valence-corrected chi connectivity index (χ2v) is 15.9. The van der Waals surface area contributed by atoms with Gasteiger partial charge in [0.15, 0.2) is 10.3 Å². The number of carbonyl (C=O) groups is 2. The normalized spacial score (nSPS) is 45.2. The maximum Gasteiger partial charge on any atom is 0.242 e. The Morgan fingerprint density at radius 1 is 0.694 bits per heavy atom. The molecular formula is C28H44N4O2S2. The number of amidine groups is 2. The Morgan fingerprint density at radius 2 is 1.08 bits per heavy atom. The fraction of sp³-hybridized carbons (Fsp3) is 0.857. The summed E-state index contributed by atoms with van der Waals surface area (Å²) in [6, 6.07) is 0.946. The molecule has 0 aromatic carbocycles. The monoisotopic (exact) mass is 532 g/mol. The van der Waals surface area contributed by atoms with Gasteiger partial charge in [0.2, 0.25) is 11.8 Å². The van der Waals surface area contributed by atoms with E-state index in [4.69, 9.17) is 9.98 Å². The molecule has 6 rings (SSSR count). The summed E-state index contributed by atoms with van der Waals surface area (Å²) in [6.45, 7) is 12.5. The maximum absolute atomic E-state index is 12.1. The van der Waals surface area contributed by atoms with Gasteiger partial charge in [-0.25, -0.2) is 0 Å². The van der Waals surface area contributed by atoms with Crippen LogP contribution < -0.4 is 10.6 Å². The van der Waals surface area contributed by atoms with Crippen LogP contribution in [0.15, 0.2) is 9.98 Å². The minimum Gasteiger partial charge on any atom is -0.304 e. The number of hydrogen-bond donors (Lipinski definition) is 2. The van der Waals surface area contributed by atoms with Crippen molar-refractivity contribution in [2.75, 3.05) is 0 Å². The van der Waals surface area contributed by atoms with Crippen molar-refractivity contribution >= 4 is 45.7 Å². The molecule has 200 valence electrons. The van der Waals surface area contributed by atoms with Crippen LogP contribution in [0.1, 0.15) is 92.9 Å². The van der Waals surface area contributed by atoms with E-state index >= 15 is 0 Å². The molecule has 2 N–H and O–H groups in total. The van der Waals surface area contributed by atoms with E-state index in [1.165, 1.54) is 51.4 Å². The van der Waals surface area contributed by atoms with E-state index in [0.717, 1.165) is 34.0 Å². The molecule has 6 aliphatic rings. The summed E-state index contributed by atoms with van der Waals surface area (Å²) in [6.07, 6.45) is 10.7. The van der Waals surface area contributed by atoms with Crippen molar-refractivity contribution in [2.45, 2.75) is 114 Å². The Kier molecular flexibility index (Phi) is 7.34. The van der Waals surface area contributed by atoms with Crippen LogP contribution in [-0.4, -0.2) is 43.7 Å². The van der Waals surface area contributed by atoms with Crippen molar-refractivity contribution in [3.63, 3.8) is 0 Å². The van der Waals surface area contributed by atoms with Crippen LogP contribution >= 0.6 is 23.5 Å². The third kappa shape index (κ3) is 4.90. The second kappa shape index (κ2) is 9.94. The van der Waals surface area contributed by atoms with Gasteiger partial charge in [-0.2, -0.15) is 0 Å². The van der Waals surface area contributed by atoms with Crippen LogP contribution in [-0.2, 0) is 9.59 Å². The molecule has 2 amide bonds. The summed E-state index contributed by atoms with van der Waals surface area (Å²) >= 11 is 3.27. The Labute approximate surface area is 225 Å². The van der Waals surface area contributed by atoms with Crippen molar-refractivity contribution in [1.29, 1.82) is 0 Å². The van der Waals surface area contributed by atoms with E-state index in [9.17, 15) is 9.59 Å². The SMILES string of the molecule is CC(C)[C@]1(C)SC(=N[C@H]2C[C@@H]3CC[C@H]2C3)NC1=O.CC(C)[C@]1(C)SC(=N[C@H]2C[C@@H]3CC[C@H]2C3)NC1=O. The Bertz CT molecular complexity index is 889. The molecule has 0 aromatic heterocycles. The van der Waals surface area contributed by atoms with E-state index in [1.807, 2.05) is 13.8 Å². The zero-order chi connectivity index (χ0) is 25.8. The van der Waals surface area contributed by atoms with Crippen LogP contribution in [0.5, 0.6) is 0 Å². The highest BCUT2D eigenvalue weighted by molar-refractivity contribution is 8.16. The standard InChI is InChI=1S/2C14H22N2OS/c2*1-8(2)14(3)12(17)16-13(18-14)15-11-7-9-4-5-10(11)6-9/h2*8-11H,4-7H2,1-3H3,(H,15,16,17)/t2*9-,10+,11+,14+/m11/s1. The molecule has 0 aromatic rings. The Hall–Kier alpha value is -1.02. The molecule has 2 saturated heterocycles. The number of aliphatic imine (C=N–C) groups is 2. The van der Waals surface area contributed by atoms with E-state index in [0.29, 0.717) is 23.9 Å². The van der Waals surface area contributed by atoms with Crippen molar-refractivity contribution in [3.05, 3.63) is 0 Å². The predicted octanol–water partition coefficient (Wildman–Crippen LogP) is 5.62. The van der Waals surface area contributed by atoms with E-state index in [1.54, 1.807) is 23.5 Å². The Balaban J connectivity index is 0.000000148. The molecule has 4 aliphatic carbocycles. The minimum absolute atomic E-state index is 0.129. The smallest absolute Gasteiger partial charge is 0.242 e. The topological polar surface area (TPSA) is 82.9 Å². The zero-order valence-electron chi connectivity index (χ0n) is 22.8. The highest BCUT2D eigenvalue weighted by Crippen LogP contribution is 2.48. The second-order valence-electron chi connectivity index (χ2n) is 13.0. The molecule has 4 saturated carbocycles. The van der Waals surface area contributed by atoms with Gasteiger partial charge in [0, 0.05) is 0 Å². The molecule has 0 spiro atoms. The largest absolute Gasteiger partial charge is 0.304 e. The molecule has 6 nitrogen and oxygen atoms in total. The Morgan fingerprint density at radius 3 is 1.33 bits per heavy atom. The van der Waals surface area contributed by atoms with Crippen LogP contribution in [0.4, 0.5) is 0 Å².